The van der Waals surface area contributed by atoms with Crippen LogP contribution in [-0.2, 0) is 9.53 Å². The highest BCUT2D eigenvalue weighted by Crippen LogP contribution is 1.83. The maximum absolute atomic E-state index is 10.2. The summed E-state index contributed by atoms with van der Waals surface area (Å²) in [6.07, 6.45) is -1.06. The van der Waals surface area contributed by atoms with Crippen LogP contribution in [0.1, 0.15) is 0 Å². The van der Waals surface area contributed by atoms with E-state index in [4.69, 9.17) is 15.3 Å². The zero-order valence-electron chi connectivity index (χ0n) is 5.36. The number of hydrogen-bond acceptors (Lipinski definition) is 5. The van der Waals surface area contributed by atoms with Gasteiger partial charge in [-0.1, -0.05) is 0 Å². The first-order valence-electron chi connectivity index (χ1n) is 2.76. The summed E-state index contributed by atoms with van der Waals surface area (Å²) in [5.74, 6) is -0.812. The number of aliphatic hydroxyl groups is 3. The second-order valence-corrected chi connectivity index (χ2v) is 1.68. The molecule has 0 aromatic rings. The lowest BCUT2D eigenvalue weighted by Crippen LogP contribution is -2.23. The van der Waals surface area contributed by atoms with E-state index in [1.807, 2.05) is 0 Å². The molecule has 0 amide bonds. The van der Waals surface area contributed by atoms with Gasteiger partial charge in [-0.05, 0) is 0 Å². The number of rotatable bonds is 4. The van der Waals surface area contributed by atoms with Crippen LogP contribution in [0.4, 0.5) is 0 Å². The smallest absolute Gasteiger partial charge is 0.331 e. The first-order chi connectivity index (χ1) is 4.70. The molecule has 10 heavy (non-hydrogen) atoms. The van der Waals surface area contributed by atoms with Gasteiger partial charge in [0.1, 0.15) is 19.3 Å². The minimum Gasteiger partial charge on any atom is -0.461 e. The molecule has 0 rings (SSSR count). The Morgan fingerprint density at radius 1 is 1.50 bits per heavy atom. The van der Waals surface area contributed by atoms with Crippen LogP contribution in [0.3, 0.4) is 0 Å². The minimum absolute atomic E-state index is 0.282. The van der Waals surface area contributed by atoms with Gasteiger partial charge in [0, 0.05) is 0 Å². The highest BCUT2D eigenvalue weighted by Gasteiger charge is 2.05. The molecule has 0 aromatic heterocycles. The van der Waals surface area contributed by atoms with Crippen molar-refractivity contribution < 1.29 is 24.9 Å². The van der Waals surface area contributed by atoms with Gasteiger partial charge in [0.15, 0.2) is 0 Å². The Morgan fingerprint density at radius 3 is 2.50 bits per heavy atom. The van der Waals surface area contributed by atoms with Crippen molar-refractivity contribution in [2.45, 2.75) is 6.10 Å². The molecule has 0 saturated carbocycles. The van der Waals surface area contributed by atoms with Crippen LogP contribution in [0.5, 0.6) is 0 Å². The van der Waals surface area contributed by atoms with E-state index in [9.17, 15) is 4.79 Å². The van der Waals surface area contributed by atoms with Gasteiger partial charge in [-0.3, -0.25) is 0 Å². The minimum atomic E-state index is -1.06. The first kappa shape index (κ1) is 9.35. The lowest BCUT2D eigenvalue weighted by atomic mass is 10.4. The van der Waals surface area contributed by atoms with Gasteiger partial charge in [0.2, 0.25) is 0 Å². The molecular weight excluding hydrogens is 140 g/mol. The Labute approximate surface area is 57.9 Å². The number of ether oxygens (including phenoxy) is 1. The first-order valence-corrected chi connectivity index (χ1v) is 2.76. The molecule has 0 fully saturated rings. The molecule has 0 aromatic carbocycles. The van der Waals surface area contributed by atoms with E-state index in [0.717, 1.165) is 0 Å². The number of carbonyl (C=O) groups is 1. The molecule has 0 aliphatic heterocycles. The SMILES string of the molecule is O=C(CO)OCC(O)CO. The summed E-state index contributed by atoms with van der Waals surface area (Å²) in [7, 11) is 0. The van der Waals surface area contributed by atoms with E-state index in [0.29, 0.717) is 0 Å². The van der Waals surface area contributed by atoms with Crippen LogP contribution in [0.15, 0.2) is 0 Å². The van der Waals surface area contributed by atoms with Gasteiger partial charge in [-0.15, -0.1) is 0 Å². The zero-order chi connectivity index (χ0) is 7.98. The fourth-order valence-corrected chi connectivity index (χ4v) is 0.287. The van der Waals surface area contributed by atoms with Gasteiger partial charge in [-0.2, -0.15) is 0 Å². The van der Waals surface area contributed by atoms with Crippen molar-refractivity contribution >= 4 is 5.97 Å². The fourth-order valence-electron chi connectivity index (χ4n) is 0.287. The summed E-state index contributed by atoms with van der Waals surface area (Å²) in [6, 6.07) is 0. The Hall–Kier alpha value is -0.650. The number of hydrogen-bond donors (Lipinski definition) is 3. The van der Waals surface area contributed by atoms with Crippen molar-refractivity contribution in [3.05, 3.63) is 0 Å². The van der Waals surface area contributed by atoms with Crippen molar-refractivity contribution in [2.75, 3.05) is 19.8 Å². The van der Waals surface area contributed by atoms with Gasteiger partial charge in [-0.25, -0.2) is 4.79 Å². The van der Waals surface area contributed by atoms with Crippen molar-refractivity contribution in [3.63, 3.8) is 0 Å². The molecule has 0 aliphatic rings. The molecule has 0 radical (unpaired) electrons. The van der Waals surface area contributed by atoms with Crippen LogP contribution in [0, 0.1) is 0 Å². The van der Waals surface area contributed by atoms with Gasteiger partial charge >= 0.3 is 5.97 Å². The molecule has 0 heterocycles. The lowest BCUT2D eigenvalue weighted by Gasteiger charge is -2.06. The van der Waals surface area contributed by atoms with Crippen LogP contribution in [-0.4, -0.2) is 47.2 Å². The van der Waals surface area contributed by atoms with E-state index in [1.165, 1.54) is 0 Å². The van der Waals surface area contributed by atoms with E-state index in [1.54, 1.807) is 0 Å². The second kappa shape index (κ2) is 5.16. The van der Waals surface area contributed by atoms with E-state index >= 15 is 0 Å². The third kappa shape index (κ3) is 4.25. The molecule has 5 heteroatoms. The van der Waals surface area contributed by atoms with Crippen LogP contribution < -0.4 is 0 Å². The Balaban J connectivity index is 3.26. The monoisotopic (exact) mass is 150 g/mol. The average Bonchev–Trinajstić information content (AvgIpc) is 1.99. The highest BCUT2D eigenvalue weighted by molar-refractivity contribution is 5.70. The van der Waals surface area contributed by atoms with Gasteiger partial charge in [0.25, 0.3) is 0 Å². The van der Waals surface area contributed by atoms with Crippen LogP contribution in [0.2, 0.25) is 0 Å². The van der Waals surface area contributed by atoms with Crippen molar-refractivity contribution in [1.82, 2.24) is 0 Å². The molecule has 3 N–H and O–H groups in total. The maximum Gasteiger partial charge on any atom is 0.331 e. The highest BCUT2D eigenvalue weighted by atomic mass is 16.6. The summed E-state index contributed by atoms with van der Waals surface area (Å²) >= 11 is 0. The predicted octanol–water partition coefficient (Wildman–Crippen LogP) is -2.12. The summed E-state index contributed by atoms with van der Waals surface area (Å²) in [5, 5.41) is 24.9. The number of carbonyl (C=O) groups excluding carboxylic acids is 1. The molecular formula is C5H10O5. The second-order valence-electron chi connectivity index (χ2n) is 1.68. The summed E-state index contributed by atoms with van der Waals surface area (Å²) in [4.78, 5) is 10.2. The Kier molecular flexibility index (Phi) is 4.82. The summed E-state index contributed by atoms with van der Waals surface area (Å²) in [5.41, 5.74) is 0. The lowest BCUT2D eigenvalue weighted by molar-refractivity contribution is -0.150. The molecule has 0 spiro atoms. The zero-order valence-corrected chi connectivity index (χ0v) is 5.36. The Bertz CT molecular complexity index is 102. The standard InChI is InChI=1S/C5H10O5/c6-1-4(8)3-10-5(9)2-7/h4,6-8H,1-3H2. The molecule has 1 unspecified atom stereocenters. The molecule has 5 nitrogen and oxygen atoms in total. The maximum atomic E-state index is 10.2. The van der Waals surface area contributed by atoms with E-state index in [-0.39, 0.29) is 6.61 Å². The van der Waals surface area contributed by atoms with Gasteiger partial charge < -0.3 is 20.1 Å². The fraction of sp³-hybridized carbons (Fsp3) is 0.800. The third-order valence-electron chi connectivity index (χ3n) is 0.777. The largest absolute Gasteiger partial charge is 0.461 e. The molecule has 0 aliphatic carbocycles. The normalized spacial score (nSPS) is 12.7. The van der Waals surface area contributed by atoms with Gasteiger partial charge in [0.05, 0.1) is 6.61 Å². The number of aliphatic hydroxyl groups excluding tert-OH is 3. The Morgan fingerprint density at radius 2 is 2.10 bits per heavy atom. The van der Waals surface area contributed by atoms with E-state index < -0.39 is 25.3 Å². The van der Waals surface area contributed by atoms with Crippen LogP contribution in [0.25, 0.3) is 0 Å². The number of esters is 1. The van der Waals surface area contributed by atoms with Crippen molar-refractivity contribution in [2.24, 2.45) is 0 Å². The summed E-state index contributed by atoms with van der Waals surface area (Å²) in [6.45, 7) is -1.45. The van der Waals surface area contributed by atoms with E-state index in [2.05, 4.69) is 4.74 Å². The quantitative estimate of drug-likeness (QED) is 0.399. The third-order valence-corrected chi connectivity index (χ3v) is 0.777. The molecule has 60 valence electrons. The van der Waals surface area contributed by atoms with Crippen LogP contribution >= 0.6 is 0 Å². The van der Waals surface area contributed by atoms with Crippen molar-refractivity contribution in [3.8, 4) is 0 Å². The van der Waals surface area contributed by atoms with Crippen molar-refractivity contribution in [1.29, 1.82) is 0 Å². The molecule has 0 saturated heterocycles. The molecule has 0 bridgehead atoms. The predicted molar refractivity (Wildman–Crippen MR) is 31.1 cm³/mol. The molecule has 1 atom stereocenters. The summed E-state index contributed by atoms with van der Waals surface area (Å²) < 4.78 is 4.24. The average molecular weight is 150 g/mol. The topological polar surface area (TPSA) is 87.0 Å².